The lowest BCUT2D eigenvalue weighted by atomic mass is 10.2. The van der Waals surface area contributed by atoms with E-state index in [1.807, 2.05) is 0 Å². The minimum atomic E-state index is -3.51. The van der Waals surface area contributed by atoms with E-state index in [0.29, 0.717) is 11.3 Å². The van der Waals surface area contributed by atoms with Crippen molar-refractivity contribution in [2.75, 3.05) is 19.5 Å². The van der Waals surface area contributed by atoms with Gasteiger partial charge in [-0.15, -0.1) is 0 Å². The second-order valence-electron chi connectivity index (χ2n) is 4.27. The normalized spacial score (nSPS) is 12.8. The highest BCUT2D eigenvalue weighted by molar-refractivity contribution is 7.89. The number of carbonyl (C=O) groups excluding carboxylic acids is 1. The first-order chi connectivity index (χ1) is 8.81. The van der Waals surface area contributed by atoms with Gasteiger partial charge < -0.3 is 9.47 Å². The fourth-order valence-electron chi connectivity index (χ4n) is 1.51. The molecule has 2 N–H and O–H groups in total. The minimum absolute atomic E-state index is 0.149. The van der Waals surface area contributed by atoms with Crippen LogP contribution < -0.4 is 9.88 Å². The molecule has 0 aromatic heterocycles. The van der Waals surface area contributed by atoms with E-state index in [9.17, 15) is 13.2 Å². The third-order valence-corrected chi connectivity index (χ3v) is 3.34. The van der Waals surface area contributed by atoms with Crippen LogP contribution in [0.4, 0.5) is 0 Å². The Labute approximate surface area is 112 Å². The number of primary sulfonamides is 1. The largest absolute Gasteiger partial charge is 0.493 e. The van der Waals surface area contributed by atoms with Crippen LogP contribution in [0.2, 0.25) is 0 Å². The summed E-state index contributed by atoms with van der Waals surface area (Å²) in [5, 5.41) is 4.94. The summed E-state index contributed by atoms with van der Waals surface area (Å²) >= 11 is 0. The zero-order chi connectivity index (χ0) is 14.5. The number of esters is 1. The monoisotopic (exact) mass is 287 g/mol. The lowest BCUT2D eigenvalue weighted by Crippen LogP contribution is -2.25. The SMILES string of the molecule is COC(=O)c1cccc(OCC(C)CS(N)(=O)=O)c1. The van der Waals surface area contributed by atoms with Crippen molar-refractivity contribution < 1.29 is 22.7 Å². The van der Waals surface area contributed by atoms with Crippen LogP contribution in [0.15, 0.2) is 24.3 Å². The Bertz CT molecular complexity index is 541. The van der Waals surface area contributed by atoms with Gasteiger partial charge in [0.25, 0.3) is 0 Å². The summed E-state index contributed by atoms with van der Waals surface area (Å²) in [7, 11) is -2.21. The third kappa shape index (κ3) is 5.71. The number of sulfonamides is 1. The fraction of sp³-hybridized carbons (Fsp3) is 0.417. The number of carbonyl (C=O) groups is 1. The van der Waals surface area contributed by atoms with Gasteiger partial charge in [-0.3, -0.25) is 0 Å². The summed E-state index contributed by atoms with van der Waals surface area (Å²) in [6.45, 7) is 1.91. The molecule has 0 bridgehead atoms. The van der Waals surface area contributed by atoms with Crippen molar-refractivity contribution in [3.63, 3.8) is 0 Å². The van der Waals surface area contributed by atoms with Crippen molar-refractivity contribution in [3.05, 3.63) is 29.8 Å². The van der Waals surface area contributed by atoms with Crippen LogP contribution in [0.3, 0.4) is 0 Å². The number of hydrogen-bond donors (Lipinski definition) is 1. The summed E-state index contributed by atoms with van der Waals surface area (Å²) in [6.07, 6.45) is 0. The smallest absolute Gasteiger partial charge is 0.337 e. The molecule has 0 aliphatic carbocycles. The molecule has 7 heteroatoms. The minimum Gasteiger partial charge on any atom is -0.493 e. The van der Waals surface area contributed by atoms with Crippen molar-refractivity contribution in [1.29, 1.82) is 0 Å². The highest BCUT2D eigenvalue weighted by Gasteiger charge is 2.12. The molecule has 0 saturated heterocycles. The zero-order valence-corrected chi connectivity index (χ0v) is 11.6. The van der Waals surface area contributed by atoms with Crippen LogP contribution in [0, 0.1) is 5.92 Å². The first-order valence-electron chi connectivity index (χ1n) is 5.63. The lowest BCUT2D eigenvalue weighted by molar-refractivity contribution is 0.0600. The van der Waals surface area contributed by atoms with E-state index in [1.54, 1.807) is 25.1 Å². The number of nitrogens with two attached hydrogens (primary N) is 1. The van der Waals surface area contributed by atoms with Gasteiger partial charge in [0.05, 0.1) is 25.0 Å². The molecule has 0 spiro atoms. The van der Waals surface area contributed by atoms with Gasteiger partial charge in [-0.05, 0) is 18.2 Å². The van der Waals surface area contributed by atoms with Crippen LogP contribution in [0.25, 0.3) is 0 Å². The molecule has 0 saturated carbocycles. The standard InChI is InChI=1S/C12H17NO5S/c1-9(8-19(13,15)16)7-18-11-5-3-4-10(6-11)12(14)17-2/h3-6,9H,7-8H2,1-2H3,(H2,13,15,16). The van der Waals surface area contributed by atoms with E-state index in [4.69, 9.17) is 9.88 Å². The molecule has 0 aliphatic rings. The number of hydrogen-bond acceptors (Lipinski definition) is 5. The van der Waals surface area contributed by atoms with Gasteiger partial charge in [-0.1, -0.05) is 13.0 Å². The average Bonchev–Trinajstić information content (AvgIpc) is 2.34. The van der Waals surface area contributed by atoms with E-state index in [-0.39, 0.29) is 18.3 Å². The molecule has 1 rings (SSSR count). The van der Waals surface area contributed by atoms with Crippen molar-refractivity contribution in [2.45, 2.75) is 6.92 Å². The van der Waals surface area contributed by atoms with Crippen LogP contribution in [-0.4, -0.2) is 33.9 Å². The van der Waals surface area contributed by atoms with Gasteiger partial charge in [0.1, 0.15) is 5.75 Å². The lowest BCUT2D eigenvalue weighted by Gasteiger charge is -2.12. The quantitative estimate of drug-likeness (QED) is 0.780. The molecular formula is C12H17NO5S. The van der Waals surface area contributed by atoms with E-state index in [1.165, 1.54) is 13.2 Å². The van der Waals surface area contributed by atoms with Crippen LogP contribution in [0.1, 0.15) is 17.3 Å². The van der Waals surface area contributed by atoms with Gasteiger partial charge in [0.2, 0.25) is 10.0 Å². The zero-order valence-electron chi connectivity index (χ0n) is 10.8. The third-order valence-electron chi connectivity index (χ3n) is 2.31. The Morgan fingerprint density at radius 3 is 2.68 bits per heavy atom. The molecule has 1 atom stereocenters. The molecule has 6 nitrogen and oxygen atoms in total. The van der Waals surface area contributed by atoms with Crippen molar-refractivity contribution >= 4 is 16.0 Å². The summed E-state index contributed by atoms with van der Waals surface area (Å²) in [5.74, 6) is -0.368. The van der Waals surface area contributed by atoms with Crippen molar-refractivity contribution in [1.82, 2.24) is 0 Å². The number of rotatable bonds is 6. The van der Waals surface area contributed by atoms with E-state index in [2.05, 4.69) is 4.74 Å². The van der Waals surface area contributed by atoms with Crippen LogP contribution >= 0.6 is 0 Å². The molecule has 0 heterocycles. The molecule has 1 aromatic carbocycles. The summed E-state index contributed by atoms with van der Waals surface area (Å²) in [4.78, 5) is 11.3. The van der Waals surface area contributed by atoms with Crippen LogP contribution in [-0.2, 0) is 14.8 Å². The molecule has 1 aromatic rings. The molecule has 106 valence electrons. The van der Waals surface area contributed by atoms with E-state index < -0.39 is 16.0 Å². The van der Waals surface area contributed by atoms with E-state index in [0.717, 1.165) is 0 Å². The van der Waals surface area contributed by atoms with Crippen molar-refractivity contribution in [3.8, 4) is 5.75 Å². The molecule has 0 radical (unpaired) electrons. The first-order valence-corrected chi connectivity index (χ1v) is 7.35. The second-order valence-corrected chi connectivity index (χ2v) is 5.92. The molecule has 1 unspecified atom stereocenters. The number of methoxy groups -OCH3 is 1. The fourth-order valence-corrected chi connectivity index (χ4v) is 2.40. The topological polar surface area (TPSA) is 95.7 Å². The molecule has 0 aliphatic heterocycles. The van der Waals surface area contributed by atoms with Gasteiger partial charge in [-0.2, -0.15) is 0 Å². The summed E-state index contributed by atoms with van der Waals surface area (Å²) in [6, 6.07) is 6.48. The molecule has 0 amide bonds. The maximum absolute atomic E-state index is 11.3. The van der Waals surface area contributed by atoms with Gasteiger partial charge in [-0.25, -0.2) is 18.4 Å². The highest BCUT2D eigenvalue weighted by atomic mass is 32.2. The van der Waals surface area contributed by atoms with Gasteiger partial charge >= 0.3 is 5.97 Å². The molecular weight excluding hydrogens is 270 g/mol. The summed E-state index contributed by atoms with van der Waals surface area (Å²) < 4.78 is 31.8. The van der Waals surface area contributed by atoms with E-state index >= 15 is 0 Å². The molecule has 0 fully saturated rings. The Morgan fingerprint density at radius 1 is 1.42 bits per heavy atom. The summed E-state index contributed by atoms with van der Waals surface area (Å²) in [5.41, 5.74) is 0.374. The van der Waals surface area contributed by atoms with Gasteiger partial charge in [0, 0.05) is 5.92 Å². The van der Waals surface area contributed by atoms with Crippen LogP contribution in [0.5, 0.6) is 5.75 Å². The Balaban J connectivity index is 2.61. The maximum atomic E-state index is 11.3. The predicted molar refractivity (Wildman–Crippen MR) is 70.4 cm³/mol. The average molecular weight is 287 g/mol. The Kier molecular flexibility index (Phi) is 5.31. The number of ether oxygens (including phenoxy) is 2. The van der Waals surface area contributed by atoms with Crippen molar-refractivity contribution in [2.24, 2.45) is 11.1 Å². The molecule has 19 heavy (non-hydrogen) atoms. The maximum Gasteiger partial charge on any atom is 0.337 e. The highest BCUT2D eigenvalue weighted by Crippen LogP contribution is 2.15. The number of benzene rings is 1. The predicted octanol–water partition coefficient (Wildman–Crippen LogP) is 0.777. The Hall–Kier alpha value is -1.60. The second kappa shape index (κ2) is 6.53. The first kappa shape index (κ1) is 15.5. The van der Waals surface area contributed by atoms with Gasteiger partial charge in [0.15, 0.2) is 0 Å². The Morgan fingerprint density at radius 2 is 2.11 bits per heavy atom.